The summed E-state index contributed by atoms with van der Waals surface area (Å²) >= 11 is 5.89. The molecule has 1 unspecified atom stereocenters. The van der Waals surface area contributed by atoms with Crippen LogP contribution in [0.25, 0.3) is 0 Å². The fraction of sp³-hybridized carbons (Fsp3) is 0.533. The number of aliphatic carboxylic acids is 1. The highest BCUT2D eigenvalue weighted by Crippen LogP contribution is 2.38. The third kappa shape index (κ3) is 3.49. The number of halogens is 1. The van der Waals surface area contributed by atoms with Crippen molar-refractivity contribution in [2.24, 2.45) is 5.92 Å². The van der Waals surface area contributed by atoms with Crippen molar-refractivity contribution in [1.82, 2.24) is 0 Å². The maximum Gasteiger partial charge on any atom is 0.303 e. The van der Waals surface area contributed by atoms with Crippen LogP contribution in [0.15, 0.2) is 24.3 Å². The topological polar surface area (TPSA) is 37.3 Å². The SMILES string of the molecule is O=C(O)CC(c1ccc(Cl)cc1)C1CCCCC1. The molecule has 0 aliphatic heterocycles. The molecule has 0 heterocycles. The standard InChI is InChI=1S/C15H19ClO2/c16-13-8-6-12(7-9-13)14(10-15(17)18)11-4-2-1-3-5-11/h6-9,11,14H,1-5,10H2,(H,17,18). The van der Waals surface area contributed by atoms with E-state index in [2.05, 4.69) is 0 Å². The van der Waals surface area contributed by atoms with Crippen molar-refractivity contribution in [3.8, 4) is 0 Å². The molecule has 18 heavy (non-hydrogen) atoms. The van der Waals surface area contributed by atoms with E-state index >= 15 is 0 Å². The molecule has 3 heteroatoms. The molecule has 1 atom stereocenters. The fourth-order valence-corrected chi connectivity index (χ4v) is 3.12. The van der Waals surface area contributed by atoms with Crippen LogP contribution in [0.4, 0.5) is 0 Å². The number of carboxylic acids is 1. The molecule has 1 aromatic rings. The van der Waals surface area contributed by atoms with Crippen LogP contribution in [0.3, 0.4) is 0 Å². The zero-order valence-electron chi connectivity index (χ0n) is 10.4. The van der Waals surface area contributed by atoms with Gasteiger partial charge >= 0.3 is 5.97 Å². The summed E-state index contributed by atoms with van der Waals surface area (Å²) in [5, 5.41) is 9.81. The van der Waals surface area contributed by atoms with E-state index in [4.69, 9.17) is 16.7 Å². The lowest BCUT2D eigenvalue weighted by atomic mass is 9.75. The van der Waals surface area contributed by atoms with Gasteiger partial charge in [-0.2, -0.15) is 0 Å². The van der Waals surface area contributed by atoms with E-state index in [9.17, 15) is 4.79 Å². The predicted octanol–water partition coefficient (Wildman–Crippen LogP) is 4.48. The van der Waals surface area contributed by atoms with Crippen molar-refractivity contribution in [2.75, 3.05) is 0 Å². The van der Waals surface area contributed by atoms with Crippen molar-refractivity contribution in [3.05, 3.63) is 34.9 Å². The summed E-state index contributed by atoms with van der Waals surface area (Å²) < 4.78 is 0. The number of rotatable bonds is 4. The van der Waals surface area contributed by atoms with Gasteiger partial charge in [-0.05, 0) is 42.4 Å². The lowest BCUT2D eigenvalue weighted by molar-refractivity contribution is -0.137. The van der Waals surface area contributed by atoms with Gasteiger partial charge in [-0.1, -0.05) is 43.0 Å². The van der Waals surface area contributed by atoms with E-state index < -0.39 is 5.97 Å². The van der Waals surface area contributed by atoms with E-state index in [-0.39, 0.29) is 12.3 Å². The highest BCUT2D eigenvalue weighted by Gasteiger charge is 2.26. The number of hydrogen-bond acceptors (Lipinski definition) is 1. The molecule has 1 aliphatic rings. The van der Waals surface area contributed by atoms with Crippen LogP contribution in [0.1, 0.15) is 50.0 Å². The molecule has 1 aromatic carbocycles. The van der Waals surface area contributed by atoms with Crippen LogP contribution in [0, 0.1) is 5.92 Å². The van der Waals surface area contributed by atoms with Crippen molar-refractivity contribution >= 4 is 17.6 Å². The summed E-state index contributed by atoms with van der Waals surface area (Å²) in [5.41, 5.74) is 1.12. The number of carboxylic acid groups (broad SMARTS) is 1. The molecule has 0 aromatic heterocycles. The average molecular weight is 267 g/mol. The molecule has 2 nitrogen and oxygen atoms in total. The Morgan fingerprint density at radius 2 is 1.83 bits per heavy atom. The van der Waals surface area contributed by atoms with E-state index in [0.29, 0.717) is 10.9 Å². The second-order valence-electron chi connectivity index (χ2n) is 5.15. The van der Waals surface area contributed by atoms with Crippen molar-refractivity contribution in [1.29, 1.82) is 0 Å². The minimum absolute atomic E-state index is 0.139. The third-order valence-electron chi connectivity index (χ3n) is 3.91. The van der Waals surface area contributed by atoms with E-state index in [0.717, 1.165) is 18.4 Å². The molecule has 0 saturated heterocycles. The molecule has 0 radical (unpaired) electrons. The van der Waals surface area contributed by atoms with Gasteiger partial charge in [-0.15, -0.1) is 0 Å². The van der Waals surface area contributed by atoms with Gasteiger partial charge in [0.25, 0.3) is 0 Å². The second-order valence-corrected chi connectivity index (χ2v) is 5.59. The minimum atomic E-state index is -0.708. The lowest BCUT2D eigenvalue weighted by Crippen LogP contribution is -2.19. The molecular formula is C15H19ClO2. The van der Waals surface area contributed by atoms with Crippen molar-refractivity contribution in [2.45, 2.75) is 44.4 Å². The smallest absolute Gasteiger partial charge is 0.303 e. The van der Waals surface area contributed by atoms with Gasteiger partial charge in [-0.25, -0.2) is 0 Å². The van der Waals surface area contributed by atoms with E-state index in [1.807, 2.05) is 24.3 Å². The summed E-state index contributed by atoms with van der Waals surface area (Å²) in [6, 6.07) is 7.66. The van der Waals surface area contributed by atoms with Gasteiger partial charge in [0.2, 0.25) is 0 Å². The summed E-state index contributed by atoms with van der Waals surface area (Å²) in [6.45, 7) is 0. The normalized spacial score (nSPS) is 18.5. The summed E-state index contributed by atoms with van der Waals surface area (Å²) in [5.74, 6) is -0.0587. The first kappa shape index (κ1) is 13.4. The van der Waals surface area contributed by atoms with Gasteiger partial charge < -0.3 is 5.11 Å². The Morgan fingerprint density at radius 3 is 2.39 bits per heavy atom. The lowest BCUT2D eigenvalue weighted by Gasteiger charge is -2.29. The Labute approximate surface area is 113 Å². The molecule has 1 N–H and O–H groups in total. The van der Waals surface area contributed by atoms with E-state index in [1.165, 1.54) is 19.3 Å². The monoisotopic (exact) mass is 266 g/mol. The summed E-state index contributed by atoms with van der Waals surface area (Å²) in [7, 11) is 0. The largest absolute Gasteiger partial charge is 0.481 e. The molecular weight excluding hydrogens is 248 g/mol. The van der Waals surface area contributed by atoms with Gasteiger partial charge in [0, 0.05) is 5.02 Å². The Balaban J connectivity index is 2.17. The number of hydrogen-bond donors (Lipinski definition) is 1. The first-order chi connectivity index (χ1) is 8.66. The molecule has 0 bridgehead atoms. The maximum atomic E-state index is 11.1. The Kier molecular flexibility index (Phi) is 4.65. The molecule has 1 fully saturated rings. The first-order valence-corrected chi connectivity index (χ1v) is 7.02. The van der Waals surface area contributed by atoms with Crippen LogP contribution in [-0.2, 0) is 4.79 Å². The van der Waals surface area contributed by atoms with E-state index in [1.54, 1.807) is 0 Å². The van der Waals surface area contributed by atoms with Gasteiger partial charge in [-0.3, -0.25) is 4.79 Å². The zero-order chi connectivity index (χ0) is 13.0. The average Bonchev–Trinajstić information content (AvgIpc) is 2.38. The molecule has 0 amide bonds. The number of benzene rings is 1. The molecule has 1 aliphatic carbocycles. The first-order valence-electron chi connectivity index (χ1n) is 6.64. The van der Waals surface area contributed by atoms with Crippen LogP contribution >= 0.6 is 11.6 Å². The highest BCUT2D eigenvalue weighted by atomic mass is 35.5. The Morgan fingerprint density at radius 1 is 1.22 bits per heavy atom. The Hall–Kier alpha value is -1.02. The summed E-state index contributed by atoms with van der Waals surface area (Å²) in [6.07, 6.45) is 6.28. The molecule has 98 valence electrons. The molecule has 1 saturated carbocycles. The van der Waals surface area contributed by atoms with Crippen LogP contribution < -0.4 is 0 Å². The van der Waals surface area contributed by atoms with Crippen molar-refractivity contribution in [3.63, 3.8) is 0 Å². The fourth-order valence-electron chi connectivity index (χ4n) is 2.99. The van der Waals surface area contributed by atoms with Crippen molar-refractivity contribution < 1.29 is 9.90 Å². The van der Waals surface area contributed by atoms with Crippen LogP contribution in [-0.4, -0.2) is 11.1 Å². The quantitative estimate of drug-likeness (QED) is 0.872. The highest BCUT2D eigenvalue weighted by molar-refractivity contribution is 6.30. The second kappa shape index (κ2) is 6.24. The minimum Gasteiger partial charge on any atom is -0.481 e. The Bertz CT molecular complexity index is 393. The predicted molar refractivity (Wildman–Crippen MR) is 73.0 cm³/mol. The van der Waals surface area contributed by atoms with Gasteiger partial charge in [0.15, 0.2) is 0 Å². The molecule has 0 spiro atoms. The summed E-state index contributed by atoms with van der Waals surface area (Å²) in [4.78, 5) is 11.1. The zero-order valence-corrected chi connectivity index (χ0v) is 11.2. The van der Waals surface area contributed by atoms with Gasteiger partial charge in [0.05, 0.1) is 6.42 Å². The van der Waals surface area contributed by atoms with Crippen LogP contribution in [0.5, 0.6) is 0 Å². The third-order valence-corrected chi connectivity index (χ3v) is 4.16. The number of carbonyl (C=O) groups is 1. The van der Waals surface area contributed by atoms with Gasteiger partial charge in [0.1, 0.15) is 0 Å². The molecule has 2 rings (SSSR count). The maximum absolute atomic E-state index is 11.1. The van der Waals surface area contributed by atoms with Crippen LogP contribution in [0.2, 0.25) is 5.02 Å².